The van der Waals surface area contributed by atoms with Crippen LogP contribution >= 0.6 is 0 Å². The molecule has 2 heterocycles. The second-order valence-corrected chi connectivity index (χ2v) is 6.48. The highest BCUT2D eigenvalue weighted by molar-refractivity contribution is 5.81. The number of nitrogens with zero attached hydrogens (tertiary/aromatic N) is 3. The van der Waals surface area contributed by atoms with Crippen molar-refractivity contribution >= 4 is 11.9 Å². The second-order valence-electron chi connectivity index (χ2n) is 6.48. The maximum Gasteiger partial charge on any atom is 0.320 e. The summed E-state index contributed by atoms with van der Waals surface area (Å²) in [5, 5.41) is 2.96. The van der Waals surface area contributed by atoms with E-state index >= 15 is 0 Å². The standard InChI is InChI=1S/C16H30N4O3/c1-13(15(21)17-7-4-12-23-3)19-8-5-14(6-9-19)20-11-10-18(2)16(20)22/h13-14H,4-12H2,1-3H3,(H,17,21)/t13-/m0/s1. The lowest BCUT2D eigenvalue weighted by molar-refractivity contribution is -0.126. The number of likely N-dealkylation sites (tertiary alicyclic amines) is 1. The molecule has 2 rings (SSSR count). The Kier molecular flexibility index (Phi) is 6.65. The Hall–Kier alpha value is -1.34. The van der Waals surface area contributed by atoms with Crippen LogP contribution in [0.1, 0.15) is 26.2 Å². The molecule has 2 saturated heterocycles. The minimum absolute atomic E-state index is 0.0801. The molecule has 1 atom stereocenters. The molecule has 23 heavy (non-hydrogen) atoms. The molecule has 2 fully saturated rings. The summed E-state index contributed by atoms with van der Waals surface area (Å²) >= 11 is 0. The van der Waals surface area contributed by atoms with E-state index in [1.54, 1.807) is 12.0 Å². The van der Waals surface area contributed by atoms with Crippen LogP contribution in [0.15, 0.2) is 0 Å². The van der Waals surface area contributed by atoms with Crippen molar-refractivity contribution in [3.05, 3.63) is 0 Å². The number of piperidine rings is 1. The van der Waals surface area contributed by atoms with E-state index in [0.717, 1.165) is 45.4 Å². The molecule has 0 aromatic heterocycles. The van der Waals surface area contributed by atoms with Gasteiger partial charge < -0.3 is 19.9 Å². The summed E-state index contributed by atoms with van der Waals surface area (Å²) in [5.74, 6) is 0.0801. The fourth-order valence-corrected chi connectivity index (χ4v) is 3.33. The molecule has 0 bridgehead atoms. The van der Waals surface area contributed by atoms with Crippen LogP contribution in [0.2, 0.25) is 0 Å². The summed E-state index contributed by atoms with van der Waals surface area (Å²) in [6.07, 6.45) is 2.73. The highest BCUT2D eigenvalue weighted by Gasteiger charge is 2.35. The van der Waals surface area contributed by atoms with Gasteiger partial charge in [-0.2, -0.15) is 0 Å². The van der Waals surface area contributed by atoms with Gasteiger partial charge >= 0.3 is 6.03 Å². The maximum absolute atomic E-state index is 12.2. The van der Waals surface area contributed by atoms with Crippen molar-refractivity contribution in [1.82, 2.24) is 20.0 Å². The number of nitrogens with one attached hydrogen (secondary N) is 1. The Bertz CT molecular complexity index is 410. The van der Waals surface area contributed by atoms with Crippen LogP contribution in [0.3, 0.4) is 0 Å². The SMILES string of the molecule is COCCCNC(=O)[C@H](C)N1CCC(N2CCN(C)C2=O)CC1. The zero-order chi connectivity index (χ0) is 16.8. The first-order chi connectivity index (χ1) is 11.0. The number of ether oxygens (including phenoxy) is 1. The monoisotopic (exact) mass is 326 g/mol. The minimum Gasteiger partial charge on any atom is -0.385 e. The Balaban J connectivity index is 1.73. The summed E-state index contributed by atoms with van der Waals surface area (Å²) < 4.78 is 4.98. The second kappa shape index (κ2) is 8.49. The molecule has 0 aromatic rings. The number of likely N-dealkylation sites (N-methyl/N-ethyl adjacent to an activating group) is 1. The van der Waals surface area contributed by atoms with Crippen molar-refractivity contribution < 1.29 is 14.3 Å². The van der Waals surface area contributed by atoms with Gasteiger partial charge in [-0.15, -0.1) is 0 Å². The molecule has 2 aliphatic rings. The zero-order valence-electron chi connectivity index (χ0n) is 14.6. The van der Waals surface area contributed by atoms with Gasteiger partial charge in [0.2, 0.25) is 5.91 Å². The van der Waals surface area contributed by atoms with Gasteiger partial charge in [-0.1, -0.05) is 0 Å². The summed E-state index contributed by atoms with van der Waals surface area (Å²) in [6, 6.07) is 0.350. The fourth-order valence-electron chi connectivity index (χ4n) is 3.33. The number of carbonyl (C=O) groups excluding carboxylic acids is 2. The minimum atomic E-state index is -0.115. The van der Waals surface area contributed by atoms with Crippen LogP contribution in [-0.4, -0.2) is 92.2 Å². The van der Waals surface area contributed by atoms with Gasteiger partial charge in [-0.05, 0) is 26.2 Å². The van der Waals surface area contributed by atoms with Crippen LogP contribution in [0.4, 0.5) is 4.79 Å². The molecule has 0 aromatic carbocycles. The van der Waals surface area contributed by atoms with Crippen molar-refractivity contribution in [1.29, 1.82) is 0 Å². The Morgan fingerprint density at radius 1 is 1.30 bits per heavy atom. The molecule has 7 nitrogen and oxygen atoms in total. The molecule has 2 aliphatic heterocycles. The van der Waals surface area contributed by atoms with Crippen LogP contribution in [0.5, 0.6) is 0 Å². The van der Waals surface area contributed by atoms with E-state index in [1.165, 1.54) is 0 Å². The quantitative estimate of drug-likeness (QED) is 0.686. The number of hydrogen-bond acceptors (Lipinski definition) is 4. The first-order valence-electron chi connectivity index (χ1n) is 8.57. The molecule has 7 heteroatoms. The third kappa shape index (κ3) is 4.57. The molecular formula is C16H30N4O3. The van der Waals surface area contributed by atoms with Gasteiger partial charge in [0.25, 0.3) is 0 Å². The number of hydrogen-bond donors (Lipinski definition) is 1. The normalized spacial score (nSPS) is 21.8. The van der Waals surface area contributed by atoms with Gasteiger partial charge in [-0.25, -0.2) is 4.79 Å². The molecule has 0 unspecified atom stereocenters. The number of carbonyl (C=O) groups is 2. The number of methoxy groups -OCH3 is 1. The van der Waals surface area contributed by atoms with Gasteiger partial charge in [0.15, 0.2) is 0 Å². The van der Waals surface area contributed by atoms with E-state index in [-0.39, 0.29) is 18.0 Å². The van der Waals surface area contributed by atoms with E-state index < -0.39 is 0 Å². The van der Waals surface area contributed by atoms with Crippen LogP contribution < -0.4 is 5.32 Å². The highest BCUT2D eigenvalue weighted by Crippen LogP contribution is 2.21. The maximum atomic E-state index is 12.2. The fraction of sp³-hybridized carbons (Fsp3) is 0.875. The predicted octanol–water partition coefficient (Wildman–Crippen LogP) is 0.359. The average Bonchev–Trinajstić information content (AvgIpc) is 2.90. The molecule has 1 N–H and O–H groups in total. The Morgan fingerprint density at radius 2 is 2.00 bits per heavy atom. The lowest BCUT2D eigenvalue weighted by atomic mass is 10.0. The lowest BCUT2D eigenvalue weighted by Crippen LogP contribution is -2.52. The third-order valence-corrected chi connectivity index (χ3v) is 4.94. The van der Waals surface area contributed by atoms with Crippen molar-refractivity contribution in [3.63, 3.8) is 0 Å². The molecule has 132 valence electrons. The summed E-state index contributed by atoms with van der Waals surface area (Å²) in [4.78, 5) is 30.2. The predicted molar refractivity (Wildman–Crippen MR) is 88.3 cm³/mol. The average molecular weight is 326 g/mol. The van der Waals surface area contributed by atoms with E-state index in [9.17, 15) is 9.59 Å². The van der Waals surface area contributed by atoms with Gasteiger partial charge in [-0.3, -0.25) is 9.69 Å². The molecule has 0 radical (unpaired) electrons. The zero-order valence-corrected chi connectivity index (χ0v) is 14.6. The van der Waals surface area contributed by atoms with E-state index in [4.69, 9.17) is 4.74 Å². The first kappa shape index (κ1) is 18.0. The molecular weight excluding hydrogens is 296 g/mol. The van der Waals surface area contributed by atoms with Crippen molar-refractivity contribution in [2.75, 3.05) is 53.5 Å². The number of amides is 3. The molecule has 0 aliphatic carbocycles. The van der Waals surface area contributed by atoms with Crippen molar-refractivity contribution in [3.8, 4) is 0 Å². The van der Waals surface area contributed by atoms with Crippen LogP contribution in [-0.2, 0) is 9.53 Å². The summed E-state index contributed by atoms with van der Waals surface area (Å²) in [6.45, 7) is 6.66. The van der Waals surface area contributed by atoms with E-state index in [1.807, 2.05) is 18.9 Å². The van der Waals surface area contributed by atoms with Crippen LogP contribution in [0, 0.1) is 0 Å². The van der Waals surface area contributed by atoms with Crippen molar-refractivity contribution in [2.24, 2.45) is 0 Å². The Labute approximate surface area is 138 Å². The first-order valence-corrected chi connectivity index (χ1v) is 8.57. The van der Waals surface area contributed by atoms with Gasteiger partial charge in [0.1, 0.15) is 0 Å². The topological polar surface area (TPSA) is 65.1 Å². The lowest BCUT2D eigenvalue weighted by Gasteiger charge is -2.38. The molecule has 0 spiro atoms. The van der Waals surface area contributed by atoms with Gasteiger partial charge in [0, 0.05) is 59.5 Å². The highest BCUT2D eigenvalue weighted by atomic mass is 16.5. The van der Waals surface area contributed by atoms with Crippen LogP contribution in [0.25, 0.3) is 0 Å². The summed E-state index contributed by atoms with van der Waals surface area (Å²) in [5.41, 5.74) is 0. The van der Waals surface area contributed by atoms with Gasteiger partial charge in [0.05, 0.1) is 6.04 Å². The molecule has 0 saturated carbocycles. The number of rotatable bonds is 7. The smallest absolute Gasteiger partial charge is 0.320 e. The summed E-state index contributed by atoms with van der Waals surface area (Å²) in [7, 11) is 3.52. The number of urea groups is 1. The van der Waals surface area contributed by atoms with Crippen molar-refractivity contribution in [2.45, 2.75) is 38.3 Å². The largest absolute Gasteiger partial charge is 0.385 e. The Morgan fingerprint density at radius 3 is 2.57 bits per heavy atom. The van der Waals surface area contributed by atoms with E-state index in [0.29, 0.717) is 19.2 Å². The molecule has 3 amide bonds. The van der Waals surface area contributed by atoms with E-state index in [2.05, 4.69) is 10.2 Å². The third-order valence-electron chi connectivity index (χ3n) is 4.94.